The van der Waals surface area contributed by atoms with Gasteiger partial charge in [0.15, 0.2) is 0 Å². The molecule has 0 aliphatic carbocycles. The van der Waals surface area contributed by atoms with E-state index < -0.39 is 17.9 Å². The largest absolute Gasteiger partial charge is 0.467 e. The number of ether oxygens (including phenoxy) is 1. The van der Waals surface area contributed by atoms with Crippen molar-refractivity contribution < 1.29 is 14.3 Å². The van der Waals surface area contributed by atoms with Crippen LogP contribution in [0.5, 0.6) is 0 Å². The Morgan fingerprint density at radius 2 is 1.67 bits per heavy atom. The first-order valence-corrected chi connectivity index (χ1v) is 8.60. The van der Waals surface area contributed by atoms with Crippen LogP contribution >= 0.6 is 0 Å². The van der Waals surface area contributed by atoms with Gasteiger partial charge in [0.1, 0.15) is 6.04 Å². The van der Waals surface area contributed by atoms with Crippen molar-refractivity contribution >= 4 is 33.7 Å². The maximum absolute atomic E-state index is 13.2. The molecule has 0 saturated heterocycles. The van der Waals surface area contributed by atoms with Crippen LogP contribution < -0.4 is 5.32 Å². The number of nitrogens with one attached hydrogen (secondary N) is 1. The van der Waals surface area contributed by atoms with E-state index >= 15 is 0 Å². The van der Waals surface area contributed by atoms with Crippen molar-refractivity contribution in [1.29, 1.82) is 5.26 Å². The lowest BCUT2D eigenvalue weighted by Gasteiger charge is -2.22. The smallest absolute Gasteiger partial charge is 0.328 e. The number of hydrogen-bond donors (Lipinski definition) is 1. The quantitative estimate of drug-likeness (QED) is 0.556. The highest BCUT2D eigenvalue weighted by atomic mass is 16.5. The van der Waals surface area contributed by atoms with E-state index in [4.69, 9.17) is 10.00 Å². The number of pyridine rings is 1. The van der Waals surface area contributed by atoms with Crippen molar-refractivity contribution in [1.82, 2.24) is 10.3 Å². The Kier molecular flexibility index (Phi) is 5.32. The second kappa shape index (κ2) is 7.83. The first kappa shape index (κ1) is 18.3. The van der Waals surface area contributed by atoms with E-state index in [0.29, 0.717) is 27.4 Å². The third-order valence-corrected chi connectivity index (χ3v) is 4.54. The molecule has 0 saturated carbocycles. The van der Waals surface area contributed by atoms with Crippen molar-refractivity contribution in [3.8, 4) is 6.07 Å². The Morgan fingerprint density at radius 3 is 2.19 bits per heavy atom. The second-order valence-electron chi connectivity index (χ2n) is 6.33. The Hall–Kier alpha value is -3.46. The normalized spacial score (nSPS) is 12.9. The van der Waals surface area contributed by atoms with E-state index in [1.807, 2.05) is 54.6 Å². The molecule has 0 spiro atoms. The van der Waals surface area contributed by atoms with Crippen LogP contribution in [0, 0.1) is 17.2 Å². The number of methoxy groups -OCH3 is 1. The first-order valence-electron chi connectivity index (χ1n) is 8.60. The summed E-state index contributed by atoms with van der Waals surface area (Å²) < 4.78 is 4.82. The van der Waals surface area contributed by atoms with Gasteiger partial charge in [-0.2, -0.15) is 5.26 Å². The van der Waals surface area contributed by atoms with E-state index in [-0.39, 0.29) is 12.3 Å². The molecule has 136 valence electrons. The zero-order valence-electron chi connectivity index (χ0n) is 15.1. The third kappa shape index (κ3) is 3.58. The average molecular weight is 361 g/mol. The van der Waals surface area contributed by atoms with Gasteiger partial charge >= 0.3 is 5.97 Å². The zero-order valence-corrected chi connectivity index (χ0v) is 15.1. The summed E-state index contributed by atoms with van der Waals surface area (Å²) in [6.07, 6.45) is 0.123. The summed E-state index contributed by atoms with van der Waals surface area (Å²) in [6, 6.07) is 15.9. The number of amides is 1. The molecule has 2 aromatic carbocycles. The van der Waals surface area contributed by atoms with Gasteiger partial charge in [-0.25, -0.2) is 9.78 Å². The van der Waals surface area contributed by atoms with Gasteiger partial charge in [-0.15, -0.1) is 0 Å². The fourth-order valence-electron chi connectivity index (χ4n) is 3.12. The SMILES string of the molecule is COC(=O)[C@@H](NC(=O)c1c2ccccc2nc2ccccc12)[C@H](C)CC#N. The Labute approximate surface area is 156 Å². The molecule has 1 aromatic heterocycles. The lowest BCUT2D eigenvalue weighted by molar-refractivity contribution is -0.144. The molecule has 3 aromatic rings. The van der Waals surface area contributed by atoms with Crippen molar-refractivity contribution in [2.45, 2.75) is 19.4 Å². The van der Waals surface area contributed by atoms with E-state index in [1.165, 1.54) is 7.11 Å². The lowest BCUT2D eigenvalue weighted by atomic mass is 9.97. The number of hydrogen-bond acceptors (Lipinski definition) is 5. The van der Waals surface area contributed by atoms with Crippen LogP contribution in [0.25, 0.3) is 21.8 Å². The van der Waals surface area contributed by atoms with Gasteiger partial charge in [0.2, 0.25) is 0 Å². The molecule has 6 nitrogen and oxygen atoms in total. The molecular formula is C21H19N3O3. The van der Waals surface area contributed by atoms with Gasteiger partial charge in [0.05, 0.1) is 29.8 Å². The number of aromatic nitrogens is 1. The molecule has 3 rings (SSSR count). The second-order valence-corrected chi connectivity index (χ2v) is 6.33. The molecule has 0 aliphatic rings. The summed E-state index contributed by atoms with van der Waals surface area (Å²) in [5.74, 6) is -1.36. The topological polar surface area (TPSA) is 92.1 Å². The van der Waals surface area contributed by atoms with Crippen LogP contribution in [0.3, 0.4) is 0 Å². The number of carbonyl (C=O) groups excluding carboxylic acids is 2. The molecule has 0 bridgehead atoms. The van der Waals surface area contributed by atoms with Crippen LogP contribution in [-0.2, 0) is 9.53 Å². The van der Waals surface area contributed by atoms with Crippen molar-refractivity contribution in [2.75, 3.05) is 7.11 Å². The van der Waals surface area contributed by atoms with Gasteiger partial charge < -0.3 is 10.1 Å². The summed E-state index contributed by atoms with van der Waals surface area (Å²) in [4.78, 5) is 29.9. The van der Waals surface area contributed by atoms with Crippen LogP contribution in [-0.4, -0.2) is 30.0 Å². The third-order valence-electron chi connectivity index (χ3n) is 4.54. The van der Waals surface area contributed by atoms with Gasteiger partial charge in [-0.3, -0.25) is 4.79 Å². The number of para-hydroxylation sites is 2. The number of fused-ring (bicyclic) bond motifs is 2. The number of esters is 1. The molecule has 1 amide bonds. The van der Waals surface area contributed by atoms with Gasteiger partial charge in [0, 0.05) is 23.1 Å². The van der Waals surface area contributed by atoms with E-state index in [9.17, 15) is 9.59 Å². The summed E-state index contributed by atoms with van der Waals surface area (Å²) in [5.41, 5.74) is 1.84. The molecular weight excluding hydrogens is 342 g/mol. The first-order chi connectivity index (χ1) is 13.1. The van der Waals surface area contributed by atoms with Crippen molar-refractivity contribution in [2.24, 2.45) is 5.92 Å². The number of rotatable bonds is 5. The highest BCUT2D eigenvalue weighted by molar-refractivity contribution is 6.16. The predicted molar refractivity (Wildman–Crippen MR) is 102 cm³/mol. The Morgan fingerprint density at radius 1 is 1.11 bits per heavy atom. The standard InChI is InChI=1S/C21H19N3O3/c1-13(11-12-22)19(21(26)27-2)24-20(25)18-14-7-3-5-9-16(14)23-17-10-6-4-8-15(17)18/h3-10,13,19H,11H2,1-2H3,(H,24,25)/t13-,19+/m1/s1. The van der Waals surface area contributed by atoms with E-state index in [1.54, 1.807) is 6.92 Å². The molecule has 0 aliphatic heterocycles. The van der Waals surface area contributed by atoms with E-state index in [2.05, 4.69) is 10.3 Å². The summed E-state index contributed by atoms with van der Waals surface area (Å²) in [6.45, 7) is 1.73. The van der Waals surface area contributed by atoms with Crippen LogP contribution in [0.2, 0.25) is 0 Å². The zero-order chi connectivity index (χ0) is 19.4. The molecule has 2 atom stereocenters. The maximum atomic E-state index is 13.2. The summed E-state index contributed by atoms with van der Waals surface area (Å²) >= 11 is 0. The minimum atomic E-state index is -0.909. The lowest BCUT2D eigenvalue weighted by Crippen LogP contribution is -2.45. The minimum Gasteiger partial charge on any atom is -0.467 e. The minimum absolute atomic E-state index is 0.123. The number of nitrogens with zero attached hydrogens (tertiary/aromatic N) is 2. The van der Waals surface area contributed by atoms with Crippen LogP contribution in [0.15, 0.2) is 48.5 Å². The van der Waals surface area contributed by atoms with Gasteiger partial charge in [-0.1, -0.05) is 43.3 Å². The monoisotopic (exact) mass is 361 g/mol. The Balaban J connectivity index is 2.10. The number of carbonyl (C=O) groups is 2. The Bertz CT molecular complexity index is 1000. The highest BCUT2D eigenvalue weighted by Crippen LogP contribution is 2.26. The van der Waals surface area contributed by atoms with Crippen molar-refractivity contribution in [3.63, 3.8) is 0 Å². The average Bonchev–Trinajstić information content (AvgIpc) is 2.69. The summed E-state index contributed by atoms with van der Waals surface area (Å²) in [5, 5.41) is 13.1. The molecule has 6 heteroatoms. The van der Waals surface area contributed by atoms with Gasteiger partial charge in [0.25, 0.3) is 5.91 Å². The van der Waals surface area contributed by atoms with Crippen LogP contribution in [0.1, 0.15) is 23.7 Å². The molecule has 1 heterocycles. The van der Waals surface area contributed by atoms with E-state index in [0.717, 1.165) is 0 Å². The molecule has 0 radical (unpaired) electrons. The number of nitriles is 1. The molecule has 1 N–H and O–H groups in total. The molecule has 0 fully saturated rings. The maximum Gasteiger partial charge on any atom is 0.328 e. The van der Waals surface area contributed by atoms with Crippen LogP contribution in [0.4, 0.5) is 0 Å². The van der Waals surface area contributed by atoms with Gasteiger partial charge in [-0.05, 0) is 12.1 Å². The molecule has 27 heavy (non-hydrogen) atoms. The predicted octanol–water partition coefficient (Wildman–Crippen LogP) is 3.21. The highest BCUT2D eigenvalue weighted by Gasteiger charge is 2.29. The fourth-order valence-corrected chi connectivity index (χ4v) is 3.12. The fraction of sp³-hybridized carbons (Fsp3) is 0.238. The summed E-state index contributed by atoms with van der Waals surface area (Å²) in [7, 11) is 1.26. The number of benzene rings is 2. The molecule has 0 unspecified atom stereocenters. The van der Waals surface area contributed by atoms with Crippen molar-refractivity contribution in [3.05, 3.63) is 54.1 Å².